The van der Waals surface area contributed by atoms with Crippen LogP contribution in [0.25, 0.3) is 0 Å². The van der Waals surface area contributed by atoms with Gasteiger partial charge in [0, 0.05) is 11.3 Å². The lowest BCUT2D eigenvalue weighted by atomic mass is 9.88. The summed E-state index contributed by atoms with van der Waals surface area (Å²) in [7, 11) is 0. The molecule has 0 aromatic rings. The van der Waals surface area contributed by atoms with Crippen molar-refractivity contribution in [3.8, 4) is 0 Å². The Morgan fingerprint density at radius 3 is 2.44 bits per heavy atom. The monoisotopic (exact) mass is 273 g/mol. The van der Waals surface area contributed by atoms with Crippen LogP contribution in [0.5, 0.6) is 0 Å². The summed E-state index contributed by atoms with van der Waals surface area (Å²) in [4.78, 5) is 22.4. The van der Waals surface area contributed by atoms with Gasteiger partial charge in [0.05, 0.1) is 12.5 Å². The molecule has 104 valence electrons. The number of carbonyl (C=O) groups is 2. The first-order valence-electron chi connectivity index (χ1n) is 6.36. The van der Waals surface area contributed by atoms with Crippen LogP contribution >= 0.6 is 11.8 Å². The first-order valence-corrected chi connectivity index (χ1v) is 7.58. The lowest BCUT2D eigenvalue weighted by molar-refractivity contribution is -0.126. The molecule has 1 unspecified atom stereocenters. The van der Waals surface area contributed by atoms with Crippen LogP contribution in [0.3, 0.4) is 0 Å². The lowest BCUT2D eigenvalue weighted by Gasteiger charge is -2.36. The quantitative estimate of drug-likeness (QED) is 0.651. The molecule has 1 fully saturated rings. The van der Waals surface area contributed by atoms with Crippen molar-refractivity contribution in [2.45, 2.75) is 49.3 Å². The van der Waals surface area contributed by atoms with E-state index < -0.39 is 11.9 Å². The molecule has 2 amide bonds. The second-order valence-corrected chi connectivity index (χ2v) is 6.22. The van der Waals surface area contributed by atoms with E-state index in [1.165, 1.54) is 19.3 Å². The first-order chi connectivity index (χ1) is 8.49. The fourth-order valence-electron chi connectivity index (χ4n) is 2.34. The summed E-state index contributed by atoms with van der Waals surface area (Å²) in [5, 5.41) is 2.86. The minimum atomic E-state index is -0.829. The second-order valence-electron chi connectivity index (χ2n) is 4.94. The van der Waals surface area contributed by atoms with Gasteiger partial charge < -0.3 is 16.8 Å². The van der Waals surface area contributed by atoms with Crippen molar-refractivity contribution in [3.05, 3.63) is 0 Å². The normalized spacial score (nSPS) is 20.1. The molecule has 0 aromatic heterocycles. The molecule has 0 bridgehead atoms. The van der Waals surface area contributed by atoms with Gasteiger partial charge >= 0.3 is 0 Å². The number of thioether (sulfide) groups is 1. The van der Waals surface area contributed by atoms with Gasteiger partial charge in [-0.3, -0.25) is 9.59 Å². The number of hydrogen-bond donors (Lipinski definition) is 3. The Kier molecular flexibility index (Phi) is 5.95. The summed E-state index contributed by atoms with van der Waals surface area (Å²) in [5.41, 5.74) is 10.6. The molecule has 0 saturated heterocycles. The van der Waals surface area contributed by atoms with Crippen molar-refractivity contribution in [1.29, 1.82) is 0 Å². The van der Waals surface area contributed by atoms with Crippen molar-refractivity contribution in [1.82, 2.24) is 5.32 Å². The van der Waals surface area contributed by atoms with E-state index in [9.17, 15) is 9.59 Å². The SMILES string of the molecule is CSC1(CNC(=O)C(N)CC(N)=O)CCCCC1. The van der Waals surface area contributed by atoms with Crippen LogP contribution in [0.15, 0.2) is 0 Å². The predicted molar refractivity (Wildman–Crippen MR) is 74.1 cm³/mol. The summed E-state index contributed by atoms with van der Waals surface area (Å²) in [6.45, 7) is 0.624. The van der Waals surface area contributed by atoms with Gasteiger partial charge in [-0.25, -0.2) is 0 Å². The van der Waals surface area contributed by atoms with Gasteiger partial charge in [-0.1, -0.05) is 19.3 Å². The van der Waals surface area contributed by atoms with Crippen LogP contribution in [0.2, 0.25) is 0 Å². The Bertz CT molecular complexity index is 304. The Morgan fingerprint density at radius 1 is 1.33 bits per heavy atom. The van der Waals surface area contributed by atoms with E-state index in [-0.39, 0.29) is 17.1 Å². The van der Waals surface area contributed by atoms with E-state index >= 15 is 0 Å². The average molecular weight is 273 g/mol. The minimum absolute atomic E-state index is 0.0991. The first kappa shape index (κ1) is 15.3. The number of primary amides is 1. The largest absolute Gasteiger partial charge is 0.370 e. The average Bonchev–Trinajstić information content (AvgIpc) is 2.36. The molecular formula is C12H23N3O2S. The minimum Gasteiger partial charge on any atom is -0.370 e. The Morgan fingerprint density at radius 2 is 1.94 bits per heavy atom. The summed E-state index contributed by atoms with van der Waals surface area (Å²) in [5.74, 6) is -0.831. The van der Waals surface area contributed by atoms with Crippen molar-refractivity contribution in [3.63, 3.8) is 0 Å². The zero-order valence-electron chi connectivity index (χ0n) is 10.9. The summed E-state index contributed by atoms with van der Waals surface area (Å²) < 4.78 is 0.139. The molecule has 5 nitrogen and oxygen atoms in total. The summed E-state index contributed by atoms with van der Waals surface area (Å²) >= 11 is 1.81. The second kappa shape index (κ2) is 6.99. The summed E-state index contributed by atoms with van der Waals surface area (Å²) in [6, 6.07) is -0.829. The zero-order valence-corrected chi connectivity index (χ0v) is 11.7. The number of rotatable bonds is 6. The van der Waals surface area contributed by atoms with Crippen molar-refractivity contribution in [2.75, 3.05) is 12.8 Å². The fraction of sp³-hybridized carbons (Fsp3) is 0.833. The van der Waals surface area contributed by atoms with Gasteiger partial charge in [-0.2, -0.15) is 11.8 Å². The lowest BCUT2D eigenvalue weighted by Crippen LogP contribution is -2.48. The van der Waals surface area contributed by atoms with E-state index in [1.807, 2.05) is 11.8 Å². The highest BCUT2D eigenvalue weighted by Gasteiger charge is 2.32. The number of nitrogens with one attached hydrogen (secondary N) is 1. The van der Waals surface area contributed by atoms with Crippen LogP contribution in [0.1, 0.15) is 38.5 Å². The van der Waals surface area contributed by atoms with E-state index in [0.29, 0.717) is 6.54 Å². The molecule has 18 heavy (non-hydrogen) atoms. The highest BCUT2D eigenvalue weighted by Crippen LogP contribution is 2.37. The number of amides is 2. The predicted octanol–water partition coefficient (Wildman–Crippen LogP) is 0.371. The molecule has 0 aliphatic heterocycles. The molecule has 1 aliphatic rings. The molecule has 1 atom stereocenters. The van der Waals surface area contributed by atoms with E-state index in [4.69, 9.17) is 11.5 Å². The third-order valence-electron chi connectivity index (χ3n) is 3.54. The topological polar surface area (TPSA) is 98.2 Å². The van der Waals surface area contributed by atoms with Crippen molar-refractivity contribution in [2.24, 2.45) is 11.5 Å². The maximum atomic E-state index is 11.7. The maximum Gasteiger partial charge on any atom is 0.237 e. The van der Waals surface area contributed by atoms with Crippen LogP contribution in [-0.4, -0.2) is 35.4 Å². The van der Waals surface area contributed by atoms with Crippen molar-refractivity contribution < 1.29 is 9.59 Å². The molecule has 6 heteroatoms. The highest BCUT2D eigenvalue weighted by atomic mass is 32.2. The molecule has 0 radical (unpaired) electrons. The molecular weight excluding hydrogens is 250 g/mol. The van der Waals surface area contributed by atoms with E-state index in [2.05, 4.69) is 11.6 Å². The molecule has 5 N–H and O–H groups in total. The Hall–Kier alpha value is -0.750. The fourth-order valence-corrected chi connectivity index (χ4v) is 3.25. The zero-order chi connectivity index (χ0) is 13.6. The molecule has 1 saturated carbocycles. The highest BCUT2D eigenvalue weighted by molar-refractivity contribution is 8.00. The van der Waals surface area contributed by atoms with Crippen LogP contribution in [0, 0.1) is 0 Å². The maximum absolute atomic E-state index is 11.7. The van der Waals surface area contributed by atoms with Gasteiger partial charge in [0.15, 0.2) is 0 Å². The third-order valence-corrected chi connectivity index (χ3v) is 4.96. The van der Waals surface area contributed by atoms with Crippen molar-refractivity contribution >= 4 is 23.6 Å². The van der Waals surface area contributed by atoms with Gasteiger partial charge in [0.2, 0.25) is 11.8 Å². The molecule has 1 aliphatic carbocycles. The van der Waals surface area contributed by atoms with Crippen LogP contribution in [-0.2, 0) is 9.59 Å². The standard InChI is InChI=1S/C12H23N3O2S/c1-18-12(5-3-2-4-6-12)8-15-11(17)9(13)7-10(14)16/h9H,2-8,13H2,1H3,(H2,14,16)(H,15,17). The van der Waals surface area contributed by atoms with E-state index in [1.54, 1.807) is 0 Å². The number of hydrogen-bond acceptors (Lipinski definition) is 4. The Labute approximate surface area is 112 Å². The molecule has 0 heterocycles. The number of carbonyl (C=O) groups excluding carboxylic acids is 2. The van der Waals surface area contributed by atoms with Gasteiger partial charge in [0.25, 0.3) is 0 Å². The van der Waals surface area contributed by atoms with Gasteiger partial charge in [0.1, 0.15) is 0 Å². The third kappa shape index (κ3) is 4.49. The van der Waals surface area contributed by atoms with Gasteiger partial charge in [-0.05, 0) is 19.1 Å². The summed E-state index contributed by atoms with van der Waals surface area (Å²) in [6.07, 6.45) is 7.93. The molecule has 0 spiro atoms. The molecule has 0 aromatic carbocycles. The smallest absolute Gasteiger partial charge is 0.237 e. The van der Waals surface area contributed by atoms with Gasteiger partial charge in [-0.15, -0.1) is 0 Å². The van der Waals surface area contributed by atoms with E-state index in [0.717, 1.165) is 12.8 Å². The van der Waals surface area contributed by atoms with Crippen LogP contribution < -0.4 is 16.8 Å². The van der Waals surface area contributed by atoms with Crippen LogP contribution in [0.4, 0.5) is 0 Å². The Balaban J connectivity index is 2.42. The number of nitrogens with two attached hydrogens (primary N) is 2. The molecule has 1 rings (SSSR count).